The summed E-state index contributed by atoms with van der Waals surface area (Å²) in [5, 5.41) is 5.06. The Kier molecular flexibility index (Phi) is 4.57. The molecule has 0 radical (unpaired) electrons. The van der Waals surface area contributed by atoms with E-state index in [1.54, 1.807) is 6.07 Å². The van der Waals surface area contributed by atoms with Crippen molar-refractivity contribution in [2.75, 3.05) is 0 Å². The van der Waals surface area contributed by atoms with Crippen LogP contribution in [-0.4, -0.2) is 6.04 Å². The van der Waals surface area contributed by atoms with Crippen molar-refractivity contribution in [1.29, 1.82) is 0 Å². The quantitative estimate of drug-likeness (QED) is 0.583. The largest absolute Gasteiger partial charge is 0.460 e. The van der Waals surface area contributed by atoms with E-state index in [1.807, 2.05) is 18.2 Å². The maximum atomic E-state index is 6.32. The van der Waals surface area contributed by atoms with Crippen molar-refractivity contribution in [1.82, 2.24) is 5.32 Å². The van der Waals surface area contributed by atoms with Gasteiger partial charge in [-0.2, -0.15) is 0 Å². The smallest absolute Gasteiger partial charge is 0.135 e. The first kappa shape index (κ1) is 18.1. The molecule has 4 heteroatoms. The molecule has 144 valence electrons. The first-order chi connectivity index (χ1) is 13.0. The monoisotopic (exact) mass is 403 g/mol. The van der Waals surface area contributed by atoms with E-state index in [-0.39, 0.29) is 0 Å². The normalized spacial score (nSPS) is 32.8. The number of benzene rings is 1. The number of halogens is 2. The van der Waals surface area contributed by atoms with Crippen molar-refractivity contribution in [2.45, 2.75) is 58.0 Å². The molecular formula is C23H27Cl2NO. The average Bonchev–Trinajstić information content (AvgIpc) is 3.07. The molecule has 4 saturated carbocycles. The van der Waals surface area contributed by atoms with Crippen LogP contribution in [0.2, 0.25) is 10.0 Å². The van der Waals surface area contributed by atoms with Crippen LogP contribution < -0.4 is 5.32 Å². The van der Waals surface area contributed by atoms with Gasteiger partial charge in [-0.25, -0.2) is 0 Å². The maximum absolute atomic E-state index is 6.32. The SMILES string of the molecule is C[C@@H](NCc1ccc(-c2ccc(Cl)cc2Cl)o1)C12CC3CC(CC(C3)C1)C2. The third-order valence-electron chi connectivity index (χ3n) is 7.44. The predicted molar refractivity (Wildman–Crippen MR) is 111 cm³/mol. The van der Waals surface area contributed by atoms with Gasteiger partial charge >= 0.3 is 0 Å². The highest BCUT2D eigenvalue weighted by Crippen LogP contribution is 2.61. The summed E-state index contributed by atoms with van der Waals surface area (Å²) in [6.07, 6.45) is 8.77. The standard InChI is InChI=1S/C23H27Cl2NO/c1-14(23-10-15-6-16(11-23)8-17(7-15)12-23)26-13-19-3-5-22(27-19)20-4-2-18(24)9-21(20)25/h2-5,9,14-17,26H,6-8,10-13H2,1H3/t14-,15?,16?,17?,23?/m1/s1. The number of hydrogen-bond donors (Lipinski definition) is 1. The van der Waals surface area contributed by atoms with Crippen LogP contribution in [0.15, 0.2) is 34.7 Å². The van der Waals surface area contributed by atoms with Crippen molar-refractivity contribution in [3.8, 4) is 11.3 Å². The number of rotatable bonds is 5. The molecule has 4 aliphatic carbocycles. The van der Waals surface area contributed by atoms with E-state index in [1.165, 1.54) is 38.5 Å². The Bertz CT molecular complexity index is 807. The summed E-state index contributed by atoms with van der Waals surface area (Å²) in [4.78, 5) is 0. The van der Waals surface area contributed by atoms with Crippen LogP contribution in [0, 0.1) is 23.2 Å². The fraction of sp³-hybridized carbons (Fsp3) is 0.565. The van der Waals surface area contributed by atoms with Gasteiger partial charge < -0.3 is 9.73 Å². The first-order valence-corrected chi connectivity index (χ1v) is 11.0. The van der Waals surface area contributed by atoms with E-state index in [0.29, 0.717) is 21.5 Å². The van der Waals surface area contributed by atoms with E-state index >= 15 is 0 Å². The number of furan rings is 1. The van der Waals surface area contributed by atoms with Crippen molar-refractivity contribution in [3.05, 3.63) is 46.1 Å². The highest BCUT2D eigenvalue weighted by Gasteiger charge is 2.52. The van der Waals surface area contributed by atoms with Crippen molar-refractivity contribution >= 4 is 23.2 Å². The molecule has 1 aromatic heterocycles. The molecule has 6 rings (SSSR count). The van der Waals surface area contributed by atoms with E-state index in [4.69, 9.17) is 27.6 Å². The molecule has 0 spiro atoms. The molecule has 2 nitrogen and oxygen atoms in total. The lowest BCUT2D eigenvalue weighted by Gasteiger charge is -2.59. The molecule has 1 aromatic carbocycles. The van der Waals surface area contributed by atoms with Crippen LogP contribution in [0.1, 0.15) is 51.2 Å². The Balaban J connectivity index is 1.26. The van der Waals surface area contributed by atoms with Gasteiger partial charge in [0.1, 0.15) is 11.5 Å². The summed E-state index contributed by atoms with van der Waals surface area (Å²) in [5.41, 5.74) is 1.41. The van der Waals surface area contributed by atoms with Gasteiger partial charge in [-0.05, 0) is 98.9 Å². The zero-order valence-electron chi connectivity index (χ0n) is 15.8. The summed E-state index contributed by atoms with van der Waals surface area (Å²) in [7, 11) is 0. The molecule has 4 bridgehead atoms. The topological polar surface area (TPSA) is 25.2 Å². The summed E-state index contributed by atoms with van der Waals surface area (Å²) in [6, 6.07) is 10.1. The maximum Gasteiger partial charge on any atom is 0.135 e. The molecule has 27 heavy (non-hydrogen) atoms. The summed E-state index contributed by atoms with van der Waals surface area (Å²) in [5.74, 6) is 4.73. The van der Waals surface area contributed by atoms with Crippen LogP contribution in [0.5, 0.6) is 0 Å². The lowest BCUT2D eigenvalue weighted by molar-refractivity contribution is -0.0708. The fourth-order valence-electron chi connectivity index (χ4n) is 6.49. The predicted octanol–water partition coefficient (Wildman–Crippen LogP) is 6.95. The van der Waals surface area contributed by atoms with Crippen molar-refractivity contribution in [3.63, 3.8) is 0 Å². The molecule has 1 atom stereocenters. The Morgan fingerprint density at radius 1 is 1.04 bits per heavy atom. The molecule has 0 aliphatic heterocycles. The minimum absolute atomic E-state index is 0.518. The average molecular weight is 404 g/mol. The lowest BCUT2D eigenvalue weighted by Crippen LogP contribution is -2.54. The van der Waals surface area contributed by atoms with Gasteiger partial charge in [0, 0.05) is 16.6 Å². The highest BCUT2D eigenvalue weighted by atomic mass is 35.5. The molecule has 0 unspecified atom stereocenters. The fourth-order valence-corrected chi connectivity index (χ4v) is 6.99. The molecule has 4 fully saturated rings. The zero-order valence-corrected chi connectivity index (χ0v) is 17.3. The van der Waals surface area contributed by atoms with Crippen molar-refractivity contribution < 1.29 is 4.42 Å². The van der Waals surface area contributed by atoms with E-state index in [9.17, 15) is 0 Å². The van der Waals surface area contributed by atoms with Gasteiger partial charge in [0.2, 0.25) is 0 Å². The van der Waals surface area contributed by atoms with Gasteiger partial charge in [0.05, 0.1) is 11.6 Å². The van der Waals surface area contributed by atoms with Gasteiger partial charge in [-0.1, -0.05) is 23.2 Å². The van der Waals surface area contributed by atoms with E-state index in [0.717, 1.165) is 41.4 Å². The van der Waals surface area contributed by atoms with Gasteiger partial charge in [-0.15, -0.1) is 0 Å². The molecule has 2 aromatic rings. The molecular weight excluding hydrogens is 377 g/mol. The van der Waals surface area contributed by atoms with Crippen LogP contribution in [0.3, 0.4) is 0 Å². The number of nitrogens with one attached hydrogen (secondary N) is 1. The van der Waals surface area contributed by atoms with Crippen LogP contribution >= 0.6 is 23.2 Å². The highest BCUT2D eigenvalue weighted by molar-refractivity contribution is 6.36. The Hall–Kier alpha value is -0.960. The van der Waals surface area contributed by atoms with Crippen LogP contribution in [0.4, 0.5) is 0 Å². The Morgan fingerprint density at radius 3 is 2.33 bits per heavy atom. The molecule has 1 N–H and O–H groups in total. The number of hydrogen-bond acceptors (Lipinski definition) is 2. The summed E-state index contributed by atoms with van der Waals surface area (Å²) >= 11 is 12.3. The van der Waals surface area contributed by atoms with Gasteiger partial charge in [0.15, 0.2) is 0 Å². The summed E-state index contributed by atoms with van der Waals surface area (Å²) in [6.45, 7) is 3.17. The first-order valence-electron chi connectivity index (χ1n) is 10.3. The van der Waals surface area contributed by atoms with E-state index in [2.05, 4.69) is 18.3 Å². The van der Waals surface area contributed by atoms with Crippen LogP contribution in [0.25, 0.3) is 11.3 Å². The van der Waals surface area contributed by atoms with Crippen LogP contribution in [-0.2, 0) is 6.54 Å². The second-order valence-electron chi connectivity index (χ2n) is 9.27. The minimum Gasteiger partial charge on any atom is -0.460 e. The molecule has 4 aliphatic rings. The Labute approximate surface area is 171 Å². The molecule has 0 amide bonds. The third kappa shape index (κ3) is 3.34. The second kappa shape index (κ2) is 6.83. The minimum atomic E-state index is 0.518. The lowest BCUT2D eigenvalue weighted by atomic mass is 9.48. The third-order valence-corrected chi connectivity index (χ3v) is 7.99. The molecule has 1 heterocycles. The van der Waals surface area contributed by atoms with Gasteiger partial charge in [-0.3, -0.25) is 0 Å². The van der Waals surface area contributed by atoms with Gasteiger partial charge in [0.25, 0.3) is 0 Å². The second-order valence-corrected chi connectivity index (χ2v) is 10.1. The molecule has 0 saturated heterocycles. The zero-order chi connectivity index (χ0) is 18.6. The van der Waals surface area contributed by atoms with E-state index < -0.39 is 0 Å². The summed E-state index contributed by atoms with van der Waals surface area (Å²) < 4.78 is 6.07. The Morgan fingerprint density at radius 2 is 1.70 bits per heavy atom. The van der Waals surface area contributed by atoms with Crippen molar-refractivity contribution in [2.24, 2.45) is 23.2 Å².